The van der Waals surface area contributed by atoms with Gasteiger partial charge in [0.05, 0.1) is 29.0 Å². The second-order valence-corrected chi connectivity index (χ2v) is 8.54. The second kappa shape index (κ2) is 7.90. The van der Waals surface area contributed by atoms with Crippen molar-refractivity contribution in [1.82, 2.24) is 14.5 Å². The molecule has 0 amide bonds. The topological polar surface area (TPSA) is 129 Å². The number of pyridine rings is 1. The molecular formula is C19H23N5O4S. The van der Waals surface area contributed by atoms with Crippen LogP contribution >= 0.6 is 0 Å². The Morgan fingerprint density at radius 1 is 1.28 bits per heavy atom. The molecule has 0 bridgehead atoms. The summed E-state index contributed by atoms with van der Waals surface area (Å²) in [6.07, 6.45) is 1.45. The number of hydrogen-bond donors (Lipinski definition) is 2. The lowest BCUT2D eigenvalue weighted by Gasteiger charge is -2.15. The molecule has 0 aliphatic carbocycles. The van der Waals surface area contributed by atoms with E-state index in [2.05, 4.69) is 15.3 Å². The van der Waals surface area contributed by atoms with E-state index >= 15 is 0 Å². The van der Waals surface area contributed by atoms with E-state index < -0.39 is 10.0 Å². The average molecular weight is 417 g/mol. The number of methoxy groups -OCH3 is 1. The molecule has 1 aromatic carbocycles. The Balaban J connectivity index is 2.26. The number of nitrogens with one attached hydrogen (secondary N) is 1. The zero-order valence-electron chi connectivity index (χ0n) is 16.6. The third-order valence-corrected chi connectivity index (χ3v) is 5.30. The van der Waals surface area contributed by atoms with Crippen LogP contribution in [0.5, 0.6) is 0 Å². The van der Waals surface area contributed by atoms with Gasteiger partial charge in [0.15, 0.2) is 0 Å². The minimum Gasteiger partial charge on any atom is -0.380 e. The minimum atomic E-state index is -3.89. The lowest BCUT2D eigenvalue weighted by Crippen LogP contribution is -2.21. The van der Waals surface area contributed by atoms with E-state index in [1.807, 2.05) is 13.8 Å². The maximum Gasteiger partial charge on any atom is 0.264 e. The minimum absolute atomic E-state index is 0.00332. The Morgan fingerprint density at radius 3 is 2.62 bits per heavy atom. The maximum absolute atomic E-state index is 12.6. The molecule has 154 valence electrons. The summed E-state index contributed by atoms with van der Waals surface area (Å²) in [5.74, 6) is 0.421. The molecule has 0 radical (unpaired) electrons. The molecule has 0 fully saturated rings. The van der Waals surface area contributed by atoms with E-state index in [-0.39, 0.29) is 23.1 Å². The number of hydrogen-bond acceptors (Lipinski definition) is 7. The molecule has 2 aromatic heterocycles. The normalized spacial score (nSPS) is 11.9. The van der Waals surface area contributed by atoms with Crippen molar-refractivity contribution in [3.05, 3.63) is 46.5 Å². The lowest BCUT2D eigenvalue weighted by molar-refractivity contribution is 0.182. The maximum atomic E-state index is 12.6. The van der Waals surface area contributed by atoms with Crippen LogP contribution in [0.3, 0.4) is 0 Å². The van der Waals surface area contributed by atoms with Gasteiger partial charge in [-0.1, -0.05) is 6.07 Å². The number of nitrogens with two attached hydrogens (primary N) is 1. The summed E-state index contributed by atoms with van der Waals surface area (Å²) in [6.45, 7) is 3.96. The summed E-state index contributed by atoms with van der Waals surface area (Å²) in [5.41, 5.74) is 1.90. The predicted molar refractivity (Wildman–Crippen MR) is 111 cm³/mol. The van der Waals surface area contributed by atoms with Gasteiger partial charge in [-0.3, -0.25) is 4.79 Å². The monoisotopic (exact) mass is 417 g/mol. The van der Waals surface area contributed by atoms with Crippen LogP contribution in [0.1, 0.15) is 19.4 Å². The summed E-state index contributed by atoms with van der Waals surface area (Å²) in [6, 6.07) is 6.45. The number of aryl methyl sites for hydroxylation is 1. The predicted octanol–water partition coefficient (Wildman–Crippen LogP) is 1.61. The van der Waals surface area contributed by atoms with Gasteiger partial charge in [0, 0.05) is 25.8 Å². The van der Waals surface area contributed by atoms with Gasteiger partial charge in [0.2, 0.25) is 10.0 Å². The quantitative estimate of drug-likeness (QED) is 0.623. The van der Waals surface area contributed by atoms with E-state index in [1.54, 1.807) is 25.2 Å². The van der Waals surface area contributed by atoms with Crippen molar-refractivity contribution in [3.63, 3.8) is 0 Å². The van der Waals surface area contributed by atoms with Crippen molar-refractivity contribution >= 4 is 26.7 Å². The van der Waals surface area contributed by atoms with Crippen LogP contribution in [0.25, 0.3) is 22.2 Å². The average Bonchev–Trinajstić information content (AvgIpc) is 2.63. The van der Waals surface area contributed by atoms with Crippen LogP contribution < -0.4 is 16.0 Å². The smallest absolute Gasteiger partial charge is 0.264 e. The molecule has 3 rings (SSSR count). The molecule has 0 aliphatic heterocycles. The van der Waals surface area contributed by atoms with Crippen LogP contribution in [-0.2, 0) is 28.4 Å². The summed E-state index contributed by atoms with van der Waals surface area (Å²) in [4.78, 5) is 21.6. The Hall–Kier alpha value is -2.82. The third-order valence-electron chi connectivity index (χ3n) is 4.29. The van der Waals surface area contributed by atoms with E-state index in [9.17, 15) is 13.2 Å². The number of primary sulfonamides is 1. The first-order valence-electron chi connectivity index (χ1n) is 8.89. The molecule has 10 heteroatoms. The molecule has 29 heavy (non-hydrogen) atoms. The highest BCUT2D eigenvalue weighted by molar-refractivity contribution is 7.89. The second-order valence-electron chi connectivity index (χ2n) is 7.01. The van der Waals surface area contributed by atoms with Crippen LogP contribution in [-0.4, -0.2) is 36.1 Å². The Kier molecular flexibility index (Phi) is 5.69. The number of benzene rings is 1. The number of aromatic nitrogens is 3. The molecule has 2 heterocycles. The van der Waals surface area contributed by atoms with Crippen LogP contribution in [0.4, 0.5) is 5.82 Å². The van der Waals surface area contributed by atoms with Gasteiger partial charge < -0.3 is 14.6 Å². The Labute approximate surface area is 168 Å². The van der Waals surface area contributed by atoms with Gasteiger partial charge in [-0.2, -0.15) is 0 Å². The number of nitrogens with zero attached hydrogens (tertiary/aromatic N) is 3. The molecule has 0 unspecified atom stereocenters. The Morgan fingerprint density at radius 2 is 2.00 bits per heavy atom. The summed E-state index contributed by atoms with van der Waals surface area (Å²) in [5, 5.41) is 8.90. The molecule has 9 nitrogen and oxygen atoms in total. The van der Waals surface area contributed by atoms with Gasteiger partial charge in [-0.15, -0.1) is 0 Å². The van der Waals surface area contributed by atoms with E-state index in [4.69, 9.17) is 9.88 Å². The molecule has 0 saturated heterocycles. The SMILES string of the molecule is COCc1cc(-c2cc3ncn(C)c(=O)c3c(NC(C)C)n2)ccc1S(N)(=O)=O. The van der Waals surface area contributed by atoms with Crippen molar-refractivity contribution in [2.45, 2.75) is 31.4 Å². The van der Waals surface area contributed by atoms with Crippen molar-refractivity contribution in [2.75, 3.05) is 12.4 Å². The lowest BCUT2D eigenvalue weighted by atomic mass is 10.1. The fraction of sp³-hybridized carbons (Fsp3) is 0.316. The molecule has 0 saturated carbocycles. The van der Waals surface area contributed by atoms with Crippen LogP contribution in [0.15, 0.2) is 40.3 Å². The number of ether oxygens (including phenoxy) is 1. The van der Waals surface area contributed by atoms with Crippen LogP contribution in [0.2, 0.25) is 0 Å². The fourth-order valence-corrected chi connectivity index (χ4v) is 3.77. The number of anilines is 1. The molecule has 3 aromatic rings. The highest BCUT2D eigenvalue weighted by Gasteiger charge is 2.18. The van der Waals surface area contributed by atoms with Crippen molar-refractivity contribution in [2.24, 2.45) is 12.2 Å². The standard InChI is InChI=1S/C19H23N5O4S/c1-11(2)22-18-17-15(21-10-24(3)19(17)25)8-14(23-18)12-5-6-16(29(20,26)27)13(7-12)9-28-4/h5-8,10-11H,9H2,1-4H3,(H,22,23)(H2,20,26,27). The number of sulfonamides is 1. The molecule has 0 aliphatic rings. The largest absolute Gasteiger partial charge is 0.380 e. The highest BCUT2D eigenvalue weighted by Crippen LogP contribution is 2.28. The molecule has 3 N–H and O–H groups in total. The fourth-order valence-electron chi connectivity index (χ4n) is 3.03. The first-order valence-corrected chi connectivity index (χ1v) is 10.4. The summed E-state index contributed by atoms with van der Waals surface area (Å²) >= 11 is 0. The van der Waals surface area contributed by atoms with Gasteiger partial charge in [-0.25, -0.2) is 23.5 Å². The molecular weight excluding hydrogens is 394 g/mol. The first-order chi connectivity index (χ1) is 13.6. The van der Waals surface area contributed by atoms with Gasteiger partial charge in [0.25, 0.3) is 5.56 Å². The highest BCUT2D eigenvalue weighted by atomic mass is 32.2. The van der Waals surface area contributed by atoms with Gasteiger partial charge in [0.1, 0.15) is 11.2 Å². The van der Waals surface area contributed by atoms with E-state index in [1.165, 1.54) is 24.1 Å². The first kappa shape index (κ1) is 20.9. The van der Waals surface area contributed by atoms with Gasteiger partial charge in [-0.05, 0) is 37.6 Å². The number of fused-ring (bicyclic) bond motifs is 1. The van der Waals surface area contributed by atoms with Crippen molar-refractivity contribution < 1.29 is 13.2 Å². The summed E-state index contributed by atoms with van der Waals surface area (Å²) < 4.78 is 30.2. The van der Waals surface area contributed by atoms with E-state index in [0.717, 1.165) is 0 Å². The number of rotatable bonds is 6. The van der Waals surface area contributed by atoms with Gasteiger partial charge >= 0.3 is 0 Å². The third kappa shape index (κ3) is 4.29. The van der Waals surface area contributed by atoms with Crippen LogP contribution in [0, 0.1) is 0 Å². The molecule has 0 atom stereocenters. The zero-order valence-corrected chi connectivity index (χ0v) is 17.4. The zero-order chi connectivity index (χ0) is 21.3. The van der Waals surface area contributed by atoms with E-state index in [0.29, 0.717) is 33.5 Å². The Bertz CT molecular complexity index is 1240. The summed E-state index contributed by atoms with van der Waals surface area (Å²) in [7, 11) is -0.793. The molecule has 0 spiro atoms. The van der Waals surface area contributed by atoms with Crippen molar-refractivity contribution in [1.29, 1.82) is 0 Å². The van der Waals surface area contributed by atoms with Crippen molar-refractivity contribution in [3.8, 4) is 11.3 Å².